The van der Waals surface area contributed by atoms with Crippen LogP contribution in [0.4, 0.5) is 0 Å². The summed E-state index contributed by atoms with van der Waals surface area (Å²) in [6.07, 6.45) is 2.19. The average Bonchev–Trinajstić information content (AvgIpc) is 3.02. The molecule has 5 rings (SSSR count). The molecule has 0 unspecified atom stereocenters. The molecule has 1 aliphatic rings. The van der Waals surface area contributed by atoms with Crippen LogP contribution in [0, 0.1) is 12.8 Å². The Bertz CT molecular complexity index is 1620. The molecule has 9 nitrogen and oxygen atoms in total. The van der Waals surface area contributed by atoms with E-state index in [0.29, 0.717) is 16.7 Å². The van der Waals surface area contributed by atoms with Crippen LogP contribution >= 0.6 is 0 Å². The zero-order valence-electron chi connectivity index (χ0n) is 25.3. The second-order valence-electron chi connectivity index (χ2n) is 9.30. The van der Waals surface area contributed by atoms with Crippen LogP contribution in [0.2, 0.25) is 0 Å². The topological polar surface area (TPSA) is 169 Å². The fourth-order valence-electron chi connectivity index (χ4n) is 3.89. The maximum Gasteiger partial charge on any atom is 4.00 e. The predicted molar refractivity (Wildman–Crippen MR) is 163 cm³/mol. The van der Waals surface area contributed by atoms with Crippen LogP contribution in [0.25, 0.3) is 0 Å². The predicted octanol–water partition coefficient (Wildman–Crippen LogP) is 3.93. The summed E-state index contributed by atoms with van der Waals surface area (Å²) in [5.41, 5.74) is 1.42. The number of ketones is 6. The van der Waals surface area contributed by atoms with E-state index >= 15 is 0 Å². The molecule has 0 amide bonds. The Labute approximate surface area is 281 Å². The molecule has 0 heterocycles. The van der Waals surface area contributed by atoms with Gasteiger partial charge in [0.2, 0.25) is 0 Å². The van der Waals surface area contributed by atoms with Gasteiger partial charge in [0.15, 0.2) is 11.6 Å². The number of aromatic hydroxyl groups is 1. The van der Waals surface area contributed by atoms with Crippen molar-refractivity contribution in [3.63, 3.8) is 0 Å². The van der Waals surface area contributed by atoms with Crippen molar-refractivity contribution in [2.24, 2.45) is 0 Å². The van der Waals surface area contributed by atoms with Crippen LogP contribution < -0.4 is 10.2 Å². The molecule has 1 N–H and O–H groups in total. The fourth-order valence-corrected chi connectivity index (χ4v) is 3.89. The summed E-state index contributed by atoms with van der Waals surface area (Å²) in [5, 5.41) is 30.0. The Morgan fingerprint density at radius 3 is 1.39 bits per heavy atom. The largest absolute Gasteiger partial charge is 4.00 e. The van der Waals surface area contributed by atoms with Crippen molar-refractivity contribution in [2.45, 2.75) is 20.8 Å². The van der Waals surface area contributed by atoms with Crippen LogP contribution in [0.1, 0.15) is 73.3 Å². The monoisotopic (exact) mass is 654 g/mol. The molecule has 0 saturated heterocycles. The molecule has 0 radical (unpaired) electrons. The van der Waals surface area contributed by atoms with Crippen LogP contribution in [-0.2, 0) is 31.3 Å². The van der Waals surface area contributed by atoms with E-state index in [1.165, 1.54) is 26.0 Å². The summed E-state index contributed by atoms with van der Waals surface area (Å²) in [6.45, 7) is 4.29. The zero-order chi connectivity index (χ0) is 33.5. The van der Waals surface area contributed by atoms with E-state index in [2.05, 4.69) is 0 Å². The normalized spacial score (nSPS) is 10.3. The number of rotatable bonds is 6. The Morgan fingerprint density at radius 2 is 1.00 bits per heavy atom. The minimum absolute atomic E-state index is 0. The number of fused-ring (bicyclic) bond motifs is 2. The van der Waals surface area contributed by atoms with E-state index in [-0.39, 0.29) is 73.9 Å². The average molecular weight is 654 g/mol. The number of Topliss-reactive ketones (excluding diaryl/α,β-unsaturated/α-hetero) is 4. The van der Waals surface area contributed by atoms with Gasteiger partial charge in [-0.2, -0.15) is 0 Å². The van der Waals surface area contributed by atoms with E-state index < -0.39 is 17.3 Å². The molecule has 0 spiro atoms. The van der Waals surface area contributed by atoms with Crippen molar-refractivity contribution in [1.82, 2.24) is 0 Å². The third-order valence-electron chi connectivity index (χ3n) is 5.81. The molecule has 232 valence electrons. The summed E-state index contributed by atoms with van der Waals surface area (Å²) >= 11 is 0. The molecular formula is C36H30O9Ti. The Hall–Kier alpha value is -5.09. The number of hydrogen-bond acceptors (Lipinski definition) is 9. The summed E-state index contributed by atoms with van der Waals surface area (Å²) in [4.78, 5) is 67.8. The van der Waals surface area contributed by atoms with Gasteiger partial charge in [0.05, 0.1) is 11.6 Å². The SMILES string of the molecule is CC(=O)[CH-]C(=O)c1ccccc1.CC(=O)[CH-]C(=O)c1ccccc1.CC[O-].O=C1c2ccccc2C(=O)c2c1ccc(O)c2[O-].[Ti+4]. The number of carbonyl (C=O) groups excluding carboxylic acids is 6. The molecule has 10 heteroatoms. The first-order valence-electron chi connectivity index (χ1n) is 13.6. The minimum atomic E-state index is -0.791. The first-order chi connectivity index (χ1) is 21.4. The molecule has 0 aliphatic heterocycles. The standard InChI is InChI=1S/C14H8O4.2C10H9O2.C2H5O.Ti/c15-10-6-5-9-11(14(10)18)13(17)8-4-2-1-3-7(8)12(9)16;2*1-8(11)7-10(12)9-5-3-2-4-6-9;1-2-3;/h1-6,15,18H;2*2-7H,1H3;2H2,1H3;/q;3*-1;+4/p-1. The zero-order valence-corrected chi connectivity index (χ0v) is 26.9. The number of carbonyl (C=O) groups is 6. The second kappa shape index (κ2) is 19.3. The summed E-state index contributed by atoms with van der Waals surface area (Å²) in [7, 11) is 0. The Kier molecular flexibility index (Phi) is 16.4. The third-order valence-corrected chi connectivity index (χ3v) is 5.81. The first kappa shape index (κ1) is 38.9. The Morgan fingerprint density at radius 1 is 0.630 bits per heavy atom. The molecule has 1 aliphatic carbocycles. The van der Waals surface area contributed by atoms with Crippen LogP contribution in [0.3, 0.4) is 0 Å². The maximum absolute atomic E-state index is 12.2. The molecule has 0 aromatic heterocycles. The summed E-state index contributed by atoms with van der Waals surface area (Å²) in [6, 6.07) is 26.2. The van der Waals surface area contributed by atoms with E-state index in [4.69, 9.17) is 5.11 Å². The Balaban J connectivity index is 0.000000337. The van der Waals surface area contributed by atoms with Crippen molar-refractivity contribution < 1.29 is 65.8 Å². The maximum atomic E-state index is 12.2. The summed E-state index contributed by atoms with van der Waals surface area (Å²) in [5.74, 6) is -3.09. The molecule has 0 atom stereocenters. The van der Waals surface area contributed by atoms with E-state index in [1.54, 1.807) is 73.7 Å². The molecule has 0 fully saturated rings. The van der Waals surface area contributed by atoms with E-state index in [0.717, 1.165) is 18.9 Å². The van der Waals surface area contributed by atoms with Crippen molar-refractivity contribution in [3.8, 4) is 11.5 Å². The van der Waals surface area contributed by atoms with E-state index in [9.17, 15) is 39.0 Å². The van der Waals surface area contributed by atoms with E-state index in [1.807, 2.05) is 12.1 Å². The molecule has 46 heavy (non-hydrogen) atoms. The molecular weight excluding hydrogens is 624 g/mol. The van der Waals surface area contributed by atoms with Gasteiger partial charge in [-0.25, -0.2) is 0 Å². The third kappa shape index (κ3) is 11.1. The van der Waals surface area contributed by atoms with Crippen LogP contribution in [-0.4, -0.2) is 46.4 Å². The quantitative estimate of drug-likeness (QED) is 0.123. The fraction of sp³-hybridized carbons (Fsp3) is 0.111. The molecule has 0 bridgehead atoms. The molecule has 0 saturated carbocycles. The second-order valence-corrected chi connectivity index (χ2v) is 9.30. The van der Waals surface area contributed by atoms with Gasteiger partial charge in [0.25, 0.3) is 0 Å². The number of hydrogen-bond donors (Lipinski definition) is 1. The number of phenols is 1. The van der Waals surface area contributed by atoms with Gasteiger partial charge in [-0.3, -0.25) is 9.59 Å². The van der Waals surface area contributed by atoms with Crippen molar-refractivity contribution in [1.29, 1.82) is 0 Å². The van der Waals surface area contributed by atoms with Gasteiger partial charge >= 0.3 is 21.7 Å². The molecule has 4 aromatic rings. The summed E-state index contributed by atoms with van der Waals surface area (Å²) < 4.78 is 0. The first-order valence-corrected chi connectivity index (χ1v) is 13.6. The van der Waals surface area contributed by atoms with Crippen LogP contribution in [0.5, 0.6) is 11.5 Å². The molecule has 4 aromatic carbocycles. The van der Waals surface area contributed by atoms with Crippen LogP contribution in [0.15, 0.2) is 97.1 Å². The van der Waals surface area contributed by atoms with Gasteiger partial charge < -0.3 is 34.5 Å². The minimum Gasteiger partial charge on any atom is -0.869 e. The van der Waals surface area contributed by atoms with Gasteiger partial charge in [0.1, 0.15) is 5.75 Å². The van der Waals surface area contributed by atoms with Gasteiger partial charge in [-0.05, 0) is 26.0 Å². The smallest absolute Gasteiger partial charge is 0.869 e. The van der Waals surface area contributed by atoms with Crippen molar-refractivity contribution in [3.05, 3.63) is 143 Å². The van der Waals surface area contributed by atoms with Gasteiger partial charge in [-0.15, -0.1) is 54.8 Å². The van der Waals surface area contributed by atoms with Crippen molar-refractivity contribution in [2.75, 3.05) is 6.61 Å². The van der Waals surface area contributed by atoms with Crippen molar-refractivity contribution >= 4 is 34.7 Å². The van der Waals surface area contributed by atoms with Gasteiger partial charge in [-0.1, -0.05) is 73.3 Å². The van der Waals surface area contributed by atoms with Gasteiger partial charge in [0, 0.05) is 33.8 Å². The number of benzene rings is 4. The number of phenolic OH excluding ortho intramolecular Hbond substituents is 1.